The van der Waals surface area contributed by atoms with Crippen LogP contribution >= 0.6 is 0 Å². The third kappa shape index (κ3) is 8.20. The smallest absolute Gasteiger partial charge is 0.0374 e. The molecule has 0 rings (SSSR count). The second kappa shape index (κ2) is 10.9. The summed E-state index contributed by atoms with van der Waals surface area (Å²) in [4.78, 5) is 8.23. The van der Waals surface area contributed by atoms with E-state index in [-0.39, 0.29) is 0 Å². The van der Waals surface area contributed by atoms with Gasteiger partial charge in [0.2, 0.25) is 0 Å². The molecule has 0 aromatic heterocycles. The molecule has 0 aromatic rings. The van der Waals surface area contributed by atoms with E-state index in [2.05, 4.69) is 42.1 Å². The van der Waals surface area contributed by atoms with Gasteiger partial charge in [0, 0.05) is 25.2 Å². The molecular formula is C18H26N2. The fourth-order valence-electron chi connectivity index (χ4n) is 1.61. The van der Waals surface area contributed by atoms with E-state index in [0.29, 0.717) is 0 Å². The molecule has 2 nitrogen and oxygen atoms in total. The predicted molar refractivity (Wildman–Crippen MR) is 92.8 cm³/mol. The molecule has 0 atom stereocenters. The number of aliphatic imine (C=N–C) groups is 2. The Hall–Kier alpha value is -1.96. The molecule has 2 heteroatoms. The van der Waals surface area contributed by atoms with E-state index >= 15 is 0 Å². The van der Waals surface area contributed by atoms with E-state index in [9.17, 15) is 0 Å². The van der Waals surface area contributed by atoms with Crippen LogP contribution in [0.1, 0.15) is 34.6 Å². The van der Waals surface area contributed by atoms with Crippen molar-refractivity contribution in [1.29, 1.82) is 0 Å². The zero-order valence-electron chi connectivity index (χ0n) is 13.5. The molecule has 20 heavy (non-hydrogen) atoms. The summed E-state index contributed by atoms with van der Waals surface area (Å²) < 4.78 is 0. The molecule has 0 fully saturated rings. The zero-order chi connectivity index (χ0) is 15.4. The molecule has 0 heterocycles. The molecule has 0 radical (unpaired) electrons. The van der Waals surface area contributed by atoms with Crippen LogP contribution in [0.3, 0.4) is 0 Å². The lowest BCUT2D eigenvalue weighted by Gasteiger charge is -2.01. The molecule has 0 spiro atoms. The average Bonchev–Trinajstić information content (AvgIpc) is 2.39. The van der Waals surface area contributed by atoms with E-state index in [4.69, 9.17) is 0 Å². The topological polar surface area (TPSA) is 24.7 Å². The molecule has 108 valence electrons. The average molecular weight is 270 g/mol. The highest BCUT2D eigenvalue weighted by Crippen LogP contribution is 2.13. The third-order valence-corrected chi connectivity index (χ3v) is 2.65. The second-order valence-electron chi connectivity index (χ2n) is 4.45. The van der Waals surface area contributed by atoms with Crippen LogP contribution in [0.4, 0.5) is 0 Å². The minimum Gasteiger partial charge on any atom is -0.297 e. The van der Waals surface area contributed by atoms with E-state index in [0.717, 1.165) is 11.3 Å². The largest absolute Gasteiger partial charge is 0.297 e. The van der Waals surface area contributed by atoms with Crippen molar-refractivity contribution in [2.24, 2.45) is 9.98 Å². The Balaban J connectivity index is 5.53. The van der Waals surface area contributed by atoms with Gasteiger partial charge >= 0.3 is 0 Å². The van der Waals surface area contributed by atoms with Gasteiger partial charge in [0.05, 0.1) is 0 Å². The summed E-state index contributed by atoms with van der Waals surface area (Å²) in [5.41, 5.74) is 4.58. The first kappa shape index (κ1) is 18.0. The van der Waals surface area contributed by atoms with Gasteiger partial charge in [-0.15, -0.1) is 0 Å². The Bertz CT molecular complexity index is 496. The number of allylic oxidation sites excluding steroid dienone is 10. The van der Waals surface area contributed by atoms with Crippen LogP contribution in [0.2, 0.25) is 0 Å². The minimum atomic E-state index is 0.980. The van der Waals surface area contributed by atoms with Crippen molar-refractivity contribution in [2.45, 2.75) is 34.6 Å². The first-order valence-corrected chi connectivity index (χ1v) is 6.82. The molecule has 0 aliphatic rings. The van der Waals surface area contributed by atoms with Crippen LogP contribution in [-0.2, 0) is 0 Å². The highest BCUT2D eigenvalue weighted by atomic mass is 14.7. The van der Waals surface area contributed by atoms with Crippen LogP contribution in [-0.4, -0.2) is 19.5 Å². The maximum atomic E-state index is 4.28. The zero-order valence-corrected chi connectivity index (χ0v) is 13.5. The van der Waals surface area contributed by atoms with Crippen molar-refractivity contribution in [2.75, 3.05) is 7.05 Å². The Morgan fingerprint density at radius 2 is 1.60 bits per heavy atom. The Labute approximate surface area is 123 Å². The molecule has 0 amide bonds. The Morgan fingerprint density at radius 3 is 2.15 bits per heavy atom. The van der Waals surface area contributed by atoms with E-state index < -0.39 is 0 Å². The van der Waals surface area contributed by atoms with Crippen molar-refractivity contribution in [3.8, 4) is 0 Å². The summed E-state index contributed by atoms with van der Waals surface area (Å²) in [6.07, 6.45) is 15.9. The van der Waals surface area contributed by atoms with Gasteiger partial charge in [-0.05, 0) is 63.5 Å². The summed E-state index contributed by atoms with van der Waals surface area (Å²) in [7, 11) is 1.76. The lowest BCUT2D eigenvalue weighted by atomic mass is 10.1. The van der Waals surface area contributed by atoms with Gasteiger partial charge in [0.15, 0.2) is 0 Å². The molecule has 0 saturated heterocycles. The van der Waals surface area contributed by atoms with Gasteiger partial charge < -0.3 is 0 Å². The summed E-state index contributed by atoms with van der Waals surface area (Å²) in [5, 5.41) is 0. The molecule has 0 aliphatic carbocycles. The lowest BCUT2D eigenvalue weighted by molar-refractivity contribution is 1.29. The Morgan fingerprint density at radius 1 is 0.900 bits per heavy atom. The lowest BCUT2D eigenvalue weighted by Crippen LogP contribution is -1.82. The van der Waals surface area contributed by atoms with Crippen molar-refractivity contribution in [3.63, 3.8) is 0 Å². The molecule has 0 aromatic carbocycles. The summed E-state index contributed by atoms with van der Waals surface area (Å²) in [6, 6.07) is 0. The highest BCUT2D eigenvalue weighted by molar-refractivity contribution is 5.72. The van der Waals surface area contributed by atoms with Crippen LogP contribution < -0.4 is 0 Å². The monoisotopic (exact) mass is 270 g/mol. The number of nitrogens with zero attached hydrogens (tertiary/aromatic N) is 2. The van der Waals surface area contributed by atoms with Gasteiger partial charge in [-0.2, -0.15) is 0 Å². The van der Waals surface area contributed by atoms with E-state index in [1.54, 1.807) is 19.5 Å². The summed E-state index contributed by atoms with van der Waals surface area (Å²) in [6.45, 7) is 10.2. The maximum Gasteiger partial charge on any atom is 0.0374 e. The van der Waals surface area contributed by atoms with Crippen molar-refractivity contribution in [1.82, 2.24) is 0 Å². The number of hydrogen-bond acceptors (Lipinski definition) is 2. The van der Waals surface area contributed by atoms with Gasteiger partial charge in [0.1, 0.15) is 0 Å². The van der Waals surface area contributed by atoms with Crippen molar-refractivity contribution >= 4 is 12.4 Å². The van der Waals surface area contributed by atoms with Gasteiger partial charge in [-0.1, -0.05) is 24.3 Å². The Kier molecular flexibility index (Phi) is 9.85. The molecule has 0 N–H and O–H groups in total. The maximum absolute atomic E-state index is 4.28. The standard InChI is InChI=1S/C18H26N2/c1-7-10-15(3)16(4)13-18(11-9-12-19-6)14-17(5)20-8-2/h7-14H,1-6H3/b10-7-,11-9+,16-15+,17-14+,18-13-,19-12?,20-8?. The third-order valence-electron chi connectivity index (χ3n) is 2.65. The SMILES string of the molecule is CC=N/C(C)=C/C(=C\C(C)=C(C)\C=C/C)/C=C/C=NC. The predicted octanol–water partition coefficient (Wildman–Crippen LogP) is 5.08. The minimum absolute atomic E-state index is 0.980. The second-order valence-corrected chi connectivity index (χ2v) is 4.45. The van der Waals surface area contributed by atoms with Crippen molar-refractivity contribution in [3.05, 3.63) is 58.9 Å². The molecular weight excluding hydrogens is 244 g/mol. The summed E-state index contributed by atoms with van der Waals surface area (Å²) in [5.74, 6) is 0. The summed E-state index contributed by atoms with van der Waals surface area (Å²) >= 11 is 0. The highest BCUT2D eigenvalue weighted by Gasteiger charge is 1.94. The number of rotatable bonds is 6. The van der Waals surface area contributed by atoms with Gasteiger partial charge in [-0.25, -0.2) is 0 Å². The van der Waals surface area contributed by atoms with Gasteiger partial charge in [0.25, 0.3) is 0 Å². The molecule has 0 unspecified atom stereocenters. The number of hydrogen-bond donors (Lipinski definition) is 0. The van der Waals surface area contributed by atoms with Gasteiger partial charge in [-0.3, -0.25) is 9.98 Å². The quantitative estimate of drug-likeness (QED) is 0.475. The van der Waals surface area contributed by atoms with Crippen LogP contribution in [0.15, 0.2) is 68.9 Å². The normalized spacial score (nSPS) is 16.1. The first-order chi connectivity index (χ1) is 9.54. The van der Waals surface area contributed by atoms with Crippen LogP contribution in [0.25, 0.3) is 0 Å². The van der Waals surface area contributed by atoms with Crippen molar-refractivity contribution < 1.29 is 0 Å². The van der Waals surface area contributed by atoms with Crippen LogP contribution in [0.5, 0.6) is 0 Å². The van der Waals surface area contributed by atoms with Crippen LogP contribution in [0, 0.1) is 0 Å². The molecule has 0 bridgehead atoms. The van der Waals surface area contributed by atoms with E-state index in [1.807, 2.05) is 39.0 Å². The fourth-order valence-corrected chi connectivity index (χ4v) is 1.61. The molecule has 0 aliphatic heterocycles. The molecule has 0 saturated carbocycles. The fraction of sp³-hybridized carbons (Fsp3) is 0.333. The first-order valence-electron chi connectivity index (χ1n) is 6.82. The van der Waals surface area contributed by atoms with E-state index in [1.165, 1.54) is 11.1 Å².